The minimum atomic E-state index is -0.699. The molecule has 0 aromatic heterocycles. The summed E-state index contributed by atoms with van der Waals surface area (Å²) < 4.78 is 15.7. The van der Waals surface area contributed by atoms with Crippen molar-refractivity contribution in [3.05, 3.63) is 57.6 Å². The summed E-state index contributed by atoms with van der Waals surface area (Å²) in [6, 6.07) is 9.96. The number of halogens is 2. The highest BCUT2D eigenvalue weighted by atomic mass is 35.5. The van der Waals surface area contributed by atoms with Gasteiger partial charge in [-0.15, -0.1) is 0 Å². The second-order valence-electron chi connectivity index (χ2n) is 5.80. The molecule has 0 radical (unpaired) electrons. The topological polar surface area (TPSA) is 65.1 Å². The van der Waals surface area contributed by atoms with Crippen LogP contribution in [0.1, 0.15) is 22.8 Å². The molecule has 0 N–H and O–H groups in total. The van der Waals surface area contributed by atoms with Gasteiger partial charge in [-0.3, -0.25) is 4.79 Å². The van der Waals surface area contributed by atoms with E-state index in [9.17, 15) is 9.59 Å². The quantitative estimate of drug-likeness (QED) is 0.676. The largest absolute Gasteiger partial charge is 0.454 e. The van der Waals surface area contributed by atoms with Crippen LogP contribution in [0.4, 0.5) is 0 Å². The van der Waals surface area contributed by atoms with Crippen molar-refractivity contribution in [3.8, 4) is 11.5 Å². The third-order valence-electron chi connectivity index (χ3n) is 4.02. The number of nitrogens with zero attached hydrogens (tertiary/aromatic N) is 1. The smallest absolute Gasteiger partial charge is 0.340 e. The lowest BCUT2D eigenvalue weighted by Gasteiger charge is -2.21. The molecule has 1 aliphatic heterocycles. The molecule has 0 fully saturated rings. The number of hydrogen-bond donors (Lipinski definition) is 0. The van der Waals surface area contributed by atoms with E-state index in [1.54, 1.807) is 17.0 Å². The summed E-state index contributed by atoms with van der Waals surface area (Å²) in [5, 5.41) is 0.570. The minimum Gasteiger partial charge on any atom is -0.454 e. The maximum Gasteiger partial charge on any atom is 0.340 e. The molecule has 0 saturated heterocycles. The molecule has 2 aromatic carbocycles. The SMILES string of the molecule is CCN(Cc1ccc2c(c1)OCO2)C(=O)COC(=O)c1cc(Cl)ccc1Cl. The second kappa shape index (κ2) is 8.50. The van der Waals surface area contributed by atoms with Crippen LogP contribution in [0, 0.1) is 0 Å². The standard InChI is InChI=1S/C19H17Cl2NO5/c1-2-22(9-12-3-6-16-17(7-12)27-11-26-16)18(23)10-25-19(24)14-8-13(20)4-5-15(14)21/h3-8H,2,9-11H2,1H3. The van der Waals surface area contributed by atoms with Gasteiger partial charge in [-0.2, -0.15) is 0 Å². The first kappa shape index (κ1) is 19.3. The molecule has 6 nitrogen and oxygen atoms in total. The van der Waals surface area contributed by atoms with E-state index in [2.05, 4.69) is 0 Å². The van der Waals surface area contributed by atoms with Crippen molar-refractivity contribution in [3.63, 3.8) is 0 Å². The predicted molar refractivity (Wildman–Crippen MR) is 100 cm³/mol. The lowest BCUT2D eigenvalue weighted by molar-refractivity contribution is -0.134. The molecule has 0 bridgehead atoms. The Balaban J connectivity index is 1.60. The summed E-state index contributed by atoms with van der Waals surface area (Å²) in [5.74, 6) is 0.315. The van der Waals surface area contributed by atoms with Crippen molar-refractivity contribution in [1.29, 1.82) is 0 Å². The molecule has 1 heterocycles. The summed E-state index contributed by atoms with van der Waals surface area (Å²) in [6.07, 6.45) is 0. The Bertz CT molecular complexity index is 871. The molecule has 0 aliphatic carbocycles. The summed E-state index contributed by atoms with van der Waals surface area (Å²) in [6.45, 7) is 2.47. The lowest BCUT2D eigenvalue weighted by atomic mass is 10.2. The van der Waals surface area contributed by atoms with Gasteiger partial charge in [-0.1, -0.05) is 29.3 Å². The maximum atomic E-state index is 12.4. The zero-order valence-corrected chi connectivity index (χ0v) is 16.0. The van der Waals surface area contributed by atoms with Gasteiger partial charge < -0.3 is 19.1 Å². The summed E-state index contributed by atoms with van der Waals surface area (Å²) in [5.41, 5.74) is 1.01. The van der Waals surface area contributed by atoms with Crippen LogP contribution in [0.2, 0.25) is 10.0 Å². The third-order valence-corrected chi connectivity index (χ3v) is 4.58. The van der Waals surface area contributed by atoms with Gasteiger partial charge in [0, 0.05) is 18.1 Å². The number of rotatable bonds is 6. The van der Waals surface area contributed by atoms with E-state index in [0.29, 0.717) is 29.6 Å². The number of amides is 1. The number of hydrogen-bond acceptors (Lipinski definition) is 5. The Morgan fingerprint density at radius 1 is 1.11 bits per heavy atom. The van der Waals surface area contributed by atoms with Gasteiger partial charge in [-0.25, -0.2) is 4.79 Å². The summed E-state index contributed by atoms with van der Waals surface area (Å²) in [7, 11) is 0. The molecule has 27 heavy (non-hydrogen) atoms. The fourth-order valence-corrected chi connectivity index (χ4v) is 2.95. The molecule has 0 spiro atoms. The lowest BCUT2D eigenvalue weighted by Crippen LogP contribution is -2.34. The monoisotopic (exact) mass is 409 g/mol. The van der Waals surface area contributed by atoms with Gasteiger partial charge in [0.15, 0.2) is 18.1 Å². The van der Waals surface area contributed by atoms with Crippen molar-refractivity contribution < 1.29 is 23.8 Å². The van der Waals surface area contributed by atoms with Crippen molar-refractivity contribution in [2.24, 2.45) is 0 Å². The van der Waals surface area contributed by atoms with Crippen molar-refractivity contribution in [2.45, 2.75) is 13.5 Å². The number of carbonyl (C=O) groups is 2. The van der Waals surface area contributed by atoms with Gasteiger partial charge >= 0.3 is 5.97 Å². The van der Waals surface area contributed by atoms with E-state index in [-0.39, 0.29) is 29.9 Å². The Kier molecular flexibility index (Phi) is 6.08. The Hall–Kier alpha value is -2.44. The number of carbonyl (C=O) groups excluding carboxylic acids is 2. The van der Waals surface area contributed by atoms with Gasteiger partial charge in [0.1, 0.15) is 0 Å². The molecule has 8 heteroatoms. The minimum absolute atomic E-state index is 0.121. The number of esters is 1. The number of ether oxygens (including phenoxy) is 3. The molecule has 0 atom stereocenters. The van der Waals surface area contributed by atoms with Gasteiger partial charge in [0.05, 0.1) is 10.6 Å². The molecular formula is C19H17Cl2NO5. The van der Waals surface area contributed by atoms with Crippen LogP contribution in [0.5, 0.6) is 11.5 Å². The molecule has 3 rings (SSSR count). The Morgan fingerprint density at radius 3 is 2.67 bits per heavy atom. The van der Waals surface area contributed by atoms with E-state index in [1.165, 1.54) is 12.1 Å². The van der Waals surface area contributed by atoms with E-state index >= 15 is 0 Å². The van der Waals surface area contributed by atoms with Crippen LogP contribution in [-0.4, -0.2) is 36.7 Å². The molecule has 142 valence electrons. The highest BCUT2D eigenvalue weighted by Crippen LogP contribution is 2.32. The normalized spacial score (nSPS) is 12.0. The van der Waals surface area contributed by atoms with E-state index in [0.717, 1.165) is 5.56 Å². The van der Waals surface area contributed by atoms with E-state index in [1.807, 2.05) is 19.1 Å². The van der Waals surface area contributed by atoms with Gasteiger partial charge in [0.2, 0.25) is 6.79 Å². The number of fused-ring (bicyclic) bond motifs is 1. The Morgan fingerprint density at radius 2 is 1.89 bits per heavy atom. The first-order valence-corrected chi connectivity index (χ1v) is 9.02. The Labute approximate surface area is 166 Å². The molecule has 1 aliphatic rings. The first-order chi connectivity index (χ1) is 13.0. The molecule has 0 saturated carbocycles. The van der Waals surface area contributed by atoms with E-state index in [4.69, 9.17) is 37.4 Å². The maximum absolute atomic E-state index is 12.4. The van der Waals surface area contributed by atoms with Gasteiger partial charge in [0.25, 0.3) is 5.91 Å². The third kappa shape index (κ3) is 4.64. The average molecular weight is 410 g/mol. The zero-order valence-electron chi connectivity index (χ0n) is 14.5. The molecule has 0 unspecified atom stereocenters. The van der Waals surface area contributed by atoms with E-state index < -0.39 is 5.97 Å². The molecular weight excluding hydrogens is 393 g/mol. The molecule has 2 aromatic rings. The number of likely N-dealkylation sites (N-methyl/N-ethyl adjacent to an activating group) is 1. The summed E-state index contributed by atoms with van der Waals surface area (Å²) in [4.78, 5) is 26.2. The van der Waals surface area contributed by atoms with Crippen molar-refractivity contribution >= 4 is 35.1 Å². The second-order valence-corrected chi connectivity index (χ2v) is 6.64. The first-order valence-electron chi connectivity index (χ1n) is 8.26. The fraction of sp³-hybridized carbons (Fsp3) is 0.263. The van der Waals surface area contributed by atoms with Crippen LogP contribution < -0.4 is 9.47 Å². The molecule has 1 amide bonds. The van der Waals surface area contributed by atoms with Crippen LogP contribution in [0.3, 0.4) is 0 Å². The highest BCUT2D eigenvalue weighted by Gasteiger charge is 2.19. The van der Waals surface area contributed by atoms with Crippen LogP contribution in [0.25, 0.3) is 0 Å². The van der Waals surface area contributed by atoms with Crippen LogP contribution in [0.15, 0.2) is 36.4 Å². The van der Waals surface area contributed by atoms with Gasteiger partial charge in [-0.05, 0) is 42.8 Å². The summed E-state index contributed by atoms with van der Waals surface area (Å²) >= 11 is 11.8. The van der Waals surface area contributed by atoms with Crippen LogP contribution in [-0.2, 0) is 16.1 Å². The van der Waals surface area contributed by atoms with Crippen molar-refractivity contribution in [2.75, 3.05) is 19.9 Å². The highest BCUT2D eigenvalue weighted by molar-refractivity contribution is 6.35. The predicted octanol–water partition coefficient (Wildman–Crippen LogP) is 3.93. The average Bonchev–Trinajstić information content (AvgIpc) is 3.13. The van der Waals surface area contributed by atoms with Crippen LogP contribution >= 0.6 is 23.2 Å². The van der Waals surface area contributed by atoms with Crippen molar-refractivity contribution in [1.82, 2.24) is 4.90 Å². The zero-order chi connectivity index (χ0) is 19.4. The fourth-order valence-electron chi connectivity index (χ4n) is 2.59. The number of benzene rings is 2.